The van der Waals surface area contributed by atoms with E-state index < -0.39 is 0 Å². The predicted octanol–water partition coefficient (Wildman–Crippen LogP) is 4.09. The van der Waals surface area contributed by atoms with Crippen molar-refractivity contribution in [2.75, 3.05) is 6.54 Å². The number of aromatic nitrogens is 4. The van der Waals surface area contributed by atoms with E-state index in [0.29, 0.717) is 18.0 Å². The summed E-state index contributed by atoms with van der Waals surface area (Å²) in [5, 5.41) is 9.29. The smallest absolute Gasteiger partial charge is 0.266 e. The van der Waals surface area contributed by atoms with Crippen LogP contribution >= 0.6 is 22.7 Å². The van der Waals surface area contributed by atoms with Gasteiger partial charge in [-0.1, -0.05) is 47.7 Å². The zero-order valence-electron chi connectivity index (χ0n) is 17.2. The van der Waals surface area contributed by atoms with E-state index in [4.69, 9.17) is 0 Å². The summed E-state index contributed by atoms with van der Waals surface area (Å²) in [5.41, 5.74) is 3.31. The number of benzene rings is 1. The largest absolute Gasteiger partial charge is 0.349 e. The van der Waals surface area contributed by atoms with Crippen LogP contribution in [0.2, 0.25) is 0 Å². The Balaban J connectivity index is 1.29. The fraction of sp³-hybridized carbons (Fsp3) is 0.130. The molecule has 0 radical (unpaired) electrons. The second-order valence-electron chi connectivity index (χ2n) is 7.17. The van der Waals surface area contributed by atoms with Gasteiger partial charge in [-0.2, -0.15) is 5.10 Å². The molecule has 32 heavy (non-hydrogen) atoms. The number of imidazole rings is 1. The number of nitrogens with one attached hydrogen (secondary N) is 1. The molecule has 1 N–H and O–H groups in total. The monoisotopic (exact) mass is 461 g/mol. The quantitative estimate of drug-likeness (QED) is 0.413. The molecule has 0 spiro atoms. The number of fused-ring (bicyclic) bond motifs is 1. The van der Waals surface area contributed by atoms with Gasteiger partial charge in [-0.25, -0.2) is 9.67 Å². The number of carbonyl (C=O) groups excluding carboxylic acids is 1. The second kappa shape index (κ2) is 8.52. The Morgan fingerprint density at radius 3 is 2.66 bits per heavy atom. The lowest BCUT2D eigenvalue weighted by Gasteiger charge is -2.07. The maximum absolute atomic E-state index is 12.8. The molecule has 5 rings (SSSR count). The van der Waals surface area contributed by atoms with E-state index in [9.17, 15) is 9.59 Å². The van der Waals surface area contributed by atoms with Gasteiger partial charge in [-0.15, -0.1) is 11.3 Å². The van der Waals surface area contributed by atoms with Crippen LogP contribution in [0.5, 0.6) is 0 Å². The van der Waals surface area contributed by atoms with Crippen molar-refractivity contribution in [3.63, 3.8) is 0 Å². The SMILES string of the molecule is Cc1c(C(=O)NCCn2nc(-c3cccs3)ccc2=O)sc2nc(-c3ccccc3)cn12. The van der Waals surface area contributed by atoms with E-state index >= 15 is 0 Å². The minimum Gasteiger partial charge on any atom is -0.349 e. The zero-order chi connectivity index (χ0) is 22.1. The highest BCUT2D eigenvalue weighted by molar-refractivity contribution is 7.19. The van der Waals surface area contributed by atoms with Crippen LogP contribution in [-0.4, -0.2) is 31.6 Å². The average molecular weight is 462 g/mol. The fourth-order valence-electron chi connectivity index (χ4n) is 3.43. The number of aryl methyl sites for hydroxylation is 1. The summed E-state index contributed by atoms with van der Waals surface area (Å²) in [7, 11) is 0. The Bertz CT molecular complexity index is 1450. The third-order valence-corrected chi connectivity index (χ3v) is 7.13. The van der Waals surface area contributed by atoms with Gasteiger partial charge in [-0.3, -0.25) is 14.0 Å². The van der Waals surface area contributed by atoms with Crippen LogP contribution in [0.15, 0.2) is 71.0 Å². The summed E-state index contributed by atoms with van der Waals surface area (Å²) in [6.45, 7) is 2.50. The maximum Gasteiger partial charge on any atom is 0.266 e. The first-order chi connectivity index (χ1) is 15.6. The summed E-state index contributed by atoms with van der Waals surface area (Å²) < 4.78 is 3.33. The highest BCUT2D eigenvalue weighted by atomic mass is 32.1. The molecule has 0 bridgehead atoms. The Labute approximate surface area is 191 Å². The molecule has 4 heterocycles. The number of carbonyl (C=O) groups is 1. The number of thiazole rings is 1. The Morgan fingerprint density at radius 1 is 1.06 bits per heavy atom. The van der Waals surface area contributed by atoms with Crippen LogP contribution in [0.25, 0.3) is 26.8 Å². The van der Waals surface area contributed by atoms with E-state index in [1.54, 1.807) is 17.4 Å². The predicted molar refractivity (Wildman–Crippen MR) is 127 cm³/mol. The normalized spacial score (nSPS) is 11.2. The topological polar surface area (TPSA) is 81.3 Å². The molecule has 1 amide bonds. The highest BCUT2D eigenvalue weighted by Gasteiger charge is 2.18. The van der Waals surface area contributed by atoms with Crippen LogP contribution in [0, 0.1) is 6.92 Å². The van der Waals surface area contributed by atoms with Crippen LogP contribution in [-0.2, 0) is 6.54 Å². The van der Waals surface area contributed by atoms with Crippen molar-refractivity contribution in [3.8, 4) is 21.8 Å². The molecule has 0 aliphatic heterocycles. The van der Waals surface area contributed by atoms with Crippen LogP contribution < -0.4 is 10.9 Å². The number of nitrogens with zero attached hydrogens (tertiary/aromatic N) is 4. The van der Waals surface area contributed by atoms with Gasteiger partial charge in [0.2, 0.25) is 0 Å². The lowest BCUT2D eigenvalue weighted by molar-refractivity contribution is 0.0955. The summed E-state index contributed by atoms with van der Waals surface area (Å²) in [5.74, 6) is -0.179. The molecule has 0 saturated heterocycles. The van der Waals surface area contributed by atoms with Crippen molar-refractivity contribution in [3.05, 3.63) is 87.1 Å². The molecular weight excluding hydrogens is 442 g/mol. The van der Waals surface area contributed by atoms with E-state index in [1.165, 1.54) is 22.1 Å². The van der Waals surface area contributed by atoms with Crippen molar-refractivity contribution in [2.24, 2.45) is 0 Å². The second-order valence-corrected chi connectivity index (χ2v) is 9.10. The summed E-state index contributed by atoms with van der Waals surface area (Å²) in [6, 6.07) is 17.1. The molecule has 7 nitrogen and oxygen atoms in total. The Hall–Kier alpha value is -3.56. The van der Waals surface area contributed by atoms with E-state index in [1.807, 2.05) is 65.4 Å². The minimum atomic E-state index is -0.196. The fourth-order valence-corrected chi connectivity index (χ4v) is 5.15. The van der Waals surface area contributed by atoms with Crippen LogP contribution in [0.3, 0.4) is 0 Å². The number of rotatable bonds is 6. The van der Waals surface area contributed by atoms with E-state index in [-0.39, 0.29) is 11.5 Å². The lowest BCUT2D eigenvalue weighted by Crippen LogP contribution is -2.31. The van der Waals surface area contributed by atoms with Crippen LogP contribution in [0.4, 0.5) is 0 Å². The number of amides is 1. The molecule has 1 aromatic carbocycles. The third-order valence-electron chi connectivity index (χ3n) is 5.08. The molecule has 5 aromatic rings. The zero-order valence-corrected chi connectivity index (χ0v) is 18.8. The van der Waals surface area contributed by atoms with Crippen molar-refractivity contribution >= 4 is 33.5 Å². The first-order valence-corrected chi connectivity index (χ1v) is 11.7. The summed E-state index contributed by atoms with van der Waals surface area (Å²) >= 11 is 2.92. The van der Waals surface area contributed by atoms with Gasteiger partial charge in [0.05, 0.1) is 17.1 Å². The molecule has 160 valence electrons. The molecule has 9 heteroatoms. The lowest BCUT2D eigenvalue weighted by atomic mass is 10.2. The first kappa shape index (κ1) is 20.3. The van der Waals surface area contributed by atoms with Crippen molar-refractivity contribution in [1.82, 2.24) is 24.5 Å². The van der Waals surface area contributed by atoms with Gasteiger partial charge in [0.25, 0.3) is 11.5 Å². The van der Waals surface area contributed by atoms with Gasteiger partial charge < -0.3 is 5.32 Å². The highest BCUT2D eigenvalue weighted by Crippen LogP contribution is 2.27. The first-order valence-electron chi connectivity index (χ1n) is 10.0. The van der Waals surface area contributed by atoms with E-state index in [0.717, 1.165) is 32.5 Å². The van der Waals surface area contributed by atoms with Gasteiger partial charge >= 0.3 is 0 Å². The molecule has 0 aliphatic carbocycles. The number of hydrogen-bond acceptors (Lipinski definition) is 6. The molecule has 0 fully saturated rings. The van der Waals surface area contributed by atoms with Crippen LogP contribution in [0.1, 0.15) is 15.4 Å². The molecule has 0 atom stereocenters. The summed E-state index contributed by atoms with van der Waals surface area (Å²) in [6.07, 6.45) is 1.95. The average Bonchev–Trinajstić information content (AvgIpc) is 3.54. The minimum absolute atomic E-state index is 0.179. The van der Waals surface area contributed by atoms with E-state index in [2.05, 4.69) is 15.4 Å². The van der Waals surface area contributed by atoms with Gasteiger partial charge in [0.15, 0.2) is 4.96 Å². The van der Waals surface area contributed by atoms with Gasteiger partial charge in [-0.05, 0) is 24.4 Å². The number of hydrogen-bond donors (Lipinski definition) is 1. The number of thiophene rings is 1. The van der Waals surface area contributed by atoms with Crippen molar-refractivity contribution in [1.29, 1.82) is 0 Å². The Kier molecular flexibility index (Phi) is 5.42. The van der Waals surface area contributed by atoms with Gasteiger partial charge in [0, 0.05) is 30.1 Å². The van der Waals surface area contributed by atoms with Gasteiger partial charge in [0.1, 0.15) is 10.6 Å². The maximum atomic E-state index is 12.8. The molecule has 0 aliphatic rings. The third kappa shape index (κ3) is 3.88. The molecular formula is C23H19N5O2S2. The van der Waals surface area contributed by atoms with Crippen molar-refractivity contribution < 1.29 is 4.79 Å². The molecule has 0 unspecified atom stereocenters. The summed E-state index contributed by atoms with van der Waals surface area (Å²) in [4.78, 5) is 32.0. The Morgan fingerprint density at radius 2 is 1.91 bits per heavy atom. The molecule has 0 saturated carbocycles. The molecule has 4 aromatic heterocycles. The standard InChI is InChI=1S/C23H19N5O2S2/c1-15-21(32-23-25-18(14-27(15)23)16-6-3-2-4-7-16)22(30)24-11-12-28-20(29)10-9-17(26-28)19-8-5-13-31-19/h2-10,13-14H,11-12H2,1H3,(H,24,30). The van der Waals surface area contributed by atoms with Crippen molar-refractivity contribution in [2.45, 2.75) is 13.5 Å².